The number of rotatable bonds is 2. The van der Waals surface area contributed by atoms with Crippen LogP contribution in [-0.2, 0) is 0 Å². The fraction of sp³-hybridized carbons (Fsp3) is 0.0625. The number of methoxy groups -OCH3 is 1. The summed E-state index contributed by atoms with van der Waals surface area (Å²) in [5.74, 6) is 0.691. The van der Waals surface area contributed by atoms with Crippen molar-refractivity contribution in [3.8, 4) is 5.75 Å². The Kier molecular flexibility index (Phi) is 3.20. The first kappa shape index (κ1) is 12.8. The van der Waals surface area contributed by atoms with Crippen LogP contribution in [0.5, 0.6) is 5.75 Å². The maximum Gasteiger partial charge on any atom is 0.262 e. The summed E-state index contributed by atoms with van der Waals surface area (Å²) in [5, 5.41) is 1.58. The van der Waals surface area contributed by atoms with Crippen molar-refractivity contribution in [2.45, 2.75) is 0 Å². The van der Waals surface area contributed by atoms with Crippen LogP contribution in [-0.4, -0.2) is 17.6 Å². The van der Waals surface area contributed by atoms with Crippen molar-refractivity contribution < 1.29 is 9.53 Å². The van der Waals surface area contributed by atoms with Crippen LogP contribution in [0.3, 0.4) is 0 Å². The normalized spacial score (nSPS) is 10.7. The Bertz CT molecular complexity index is 775. The van der Waals surface area contributed by atoms with Gasteiger partial charge in [-0.2, -0.15) is 0 Å². The fourth-order valence-electron chi connectivity index (χ4n) is 2.16. The highest BCUT2D eigenvalue weighted by Gasteiger charge is 2.11. The molecule has 0 N–H and O–H groups in total. The van der Waals surface area contributed by atoms with E-state index in [-0.39, 0.29) is 5.91 Å². The first-order valence-electron chi connectivity index (χ1n) is 6.14. The average Bonchev–Trinajstić information content (AvgIpc) is 2.90. The molecule has 0 fully saturated rings. The molecule has 0 atom stereocenters. The summed E-state index contributed by atoms with van der Waals surface area (Å²) in [6, 6.07) is 14.4. The van der Waals surface area contributed by atoms with Crippen molar-refractivity contribution in [1.29, 1.82) is 0 Å². The summed E-state index contributed by atoms with van der Waals surface area (Å²) in [7, 11) is 1.62. The quantitative estimate of drug-likeness (QED) is 0.713. The molecule has 2 aromatic carbocycles. The van der Waals surface area contributed by atoms with E-state index in [9.17, 15) is 4.79 Å². The molecule has 1 heterocycles. The maximum absolute atomic E-state index is 12.5. The smallest absolute Gasteiger partial charge is 0.262 e. The van der Waals surface area contributed by atoms with E-state index in [1.54, 1.807) is 42.1 Å². The Labute approximate surface area is 121 Å². The van der Waals surface area contributed by atoms with Gasteiger partial charge in [0.05, 0.1) is 12.6 Å². The van der Waals surface area contributed by atoms with E-state index in [1.165, 1.54) is 0 Å². The number of carbonyl (C=O) groups is 1. The SMILES string of the molecule is COc1ccc2c(ccn2C(=O)c2ccc(Cl)cc2)c1. The number of halogens is 1. The van der Waals surface area contributed by atoms with Crippen molar-refractivity contribution in [3.63, 3.8) is 0 Å². The lowest BCUT2D eigenvalue weighted by Gasteiger charge is -2.05. The minimum atomic E-state index is -0.0816. The molecule has 3 rings (SSSR count). The summed E-state index contributed by atoms with van der Waals surface area (Å²) in [4.78, 5) is 12.5. The first-order valence-corrected chi connectivity index (χ1v) is 6.52. The molecule has 1 aromatic heterocycles. The van der Waals surface area contributed by atoms with Crippen LogP contribution in [0.15, 0.2) is 54.7 Å². The molecule has 100 valence electrons. The van der Waals surface area contributed by atoms with E-state index in [4.69, 9.17) is 16.3 Å². The predicted octanol–water partition coefficient (Wildman–Crippen LogP) is 3.99. The van der Waals surface area contributed by atoms with Crippen LogP contribution in [0.25, 0.3) is 10.9 Å². The highest BCUT2D eigenvalue weighted by atomic mass is 35.5. The van der Waals surface area contributed by atoms with Gasteiger partial charge in [-0.3, -0.25) is 9.36 Å². The highest BCUT2D eigenvalue weighted by Crippen LogP contribution is 2.23. The second-order valence-corrected chi connectivity index (χ2v) is 4.86. The molecule has 0 unspecified atom stereocenters. The van der Waals surface area contributed by atoms with Gasteiger partial charge in [-0.25, -0.2) is 0 Å². The van der Waals surface area contributed by atoms with Crippen molar-refractivity contribution in [2.75, 3.05) is 7.11 Å². The van der Waals surface area contributed by atoms with E-state index < -0.39 is 0 Å². The molecule has 0 amide bonds. The number of aromatic nitrogens is 1. The Morgan fingerprint density at radius 2 is 1.85 bits per heavy atom. The molecule has 0 radical (unpaired) electrons. The molecule has 0 spiro atoms. The van der Waals surface area contributed by atoms with E-state index >= 15 is 0 Å². The monoisotopic (exact) mass is 285 g/mol. The second kappa shape index (κ2) is 5.02. The zero-order chi connectivity index (χ0) is 14.1. The summed E-state index contributed by atoms with van der Waals surface area (Å²) in [6.45, 7) is 0. The largest absolute Gasteiger partial charge is 0.497 e. The average molecular weight is 286 g/mol. The Morgan fingerprint density at radius 1 is 1.10 bits per heavy atom. The van der Waals surface area contributed by atoms with Gasteiger partial charge in [0.25, 0.3) is 5.91 Å². The molecule has 3 nitrogen and oxygen atoms in total. The number of hydrogen-bond donors (Lipinski definition) is 0. The Hall–Kier alpha value is -2.26. The van der Waals surface area contributed by atoms with Crippen LogP contribution in [0.4, 0.5) is 0 Å². The lowest BCUT2D eigenvalue weighted by Crippen LogP contribution is -2.10. The predicted molar refractivity (Wildman–Crippen MR) is 79.7 cm³/mol. The summed E-state index contributed by atoms with van der Waals surface area (Å²) >= 11 is 5.84. The van der Waals surface area contributed by atoms with Crippen LogP contribution in [0.1, 0.15) is 10.4 Å². The Morgan fingerprint density at radius 3 is 2.55 bits per heavy atom. The maximum atomic E-state index is 12.5. The van der Waals surface area contributed by atoms with Crippen molar-refractivity contribution in [1.82, 2.24) is 4.57 Å². The minimum absolute atomic E-state index is 0.0816. The van der Waals surface area contributed by atoms with Gasteiger partial charge in [0, 0.05) is 22.2 Å². The van der Waals surface area contributed by atoms with Crippen LogP contribution in [0.2, 0.25) is 5.02 Å². The number of nitrogens with zero attached hydrogens (tertiary/aromatic N) is 1. The van der Waals surface area contributed by atoms with Gasteiger partial charge in [0.1, 0.15) is 5.75 Å². The molecule has 0 bridgehead atoms. The van der Waals surface area contributed by atoms with Crippen molar-refractivity contribution in [2.24, 2.45) is 0 Å². The van der Waals surface area contributed by atoms with Gasteiger partial charge >= 0.3 is 0 Å². The lowest BCUT2D eigenvalue weighted by atomic mass is 10.2. The molecule has 0 aliphatic heterocycles. The molecule has 20 heavy (non-hydrogen) atoms. The molecule has 0 saturated heterocycles. The summed E-state index contributed by atoms with van der Waals surface area (Å²) in [5.41, 5.74) is 1.45. The number of hydrogen-bond acceptors (Lipinski definition) is 2. The van der Waals surface area contributed by atoms with Crippen molar-refractivity contribution in [3.05, 3.63) is 65.3 Å². The molecular formula is C16H12ClNO2. The van der Waals surface area contributed by atoms with Gasteiger partial charge < -0.3 is 4.74 Å². The Balaban J connectivity index is 2.05. The van der Waals surface area contributed by atoms with E-state index in [0.717, 1.165) is 16.7 Å². The molecule has 3 aromatic rings. The molecule has 0 aliphatic carbocycles. The van der Waals surface area contributed by atoms with E-state index in [2.05, 4.69) is 0 Å². The summed E-state index contributed by atoms with van der Waals surface area (Å²) < 4.78 is 6.80. The number of ether oxygens (including phenoxy) is 1. The highest BCUT2D eigenvalue weighted by molar-refractivity contribution is 6.30. The molecular weight excluding hydrogens is 274 g/mol. The van der Waals surface area contributed by atoms with Gasteiger partial charge in [0.2, 0.25) is 0 Å². The van der Waals surface area contributed by atoms with Crippen LogP contribution < -0.4 is 4.74 Å². The second-order valence-electron chi connectivity index (χ2n) is 4.42. The molecule has 0 aliphatic rings. The first-order chi connectivity index (χ1) is 9.69. The fourth-order valence-corrected chi connectivity index (χ4v) is 2.28. The zero-order valence-electron chi connectivity index (χ0n) is 10.8. The third kappa shape index (κ3) is 2.17. The third-order valence-electron chi connectivity index (χ3n) is 3.21. The van der Waals surface area contributed by atoms with Gasteiger partial charge in [-0.05, 0) is 48.5 Å². The van der Waals surface area contributed by atoms with Crippen LogP contribution in [0, 0.1) is 0 Å². The molecule has 4 heteroatoms. The third-order valence-corrected chi connectivity index (χ3v) is 3.46. The number of fused-ring (bicyclic) bond motifs is 1. The van der Waals surface area contributed by atoms with E-state index in [1.807, 2.05) is 24.3 Å². The zero-order valence-corrected chi connectivity index (χ0v) is 11.6. The summed E-state index contributed by atoms with van der Waals surface area (Å²) in [6.07, 6.45) is 1.76. The standard InChI is InChI=1S/C16H12ClNO2/c1-20-14-6-7-15-12(10-14)8-9-18(15)16(19)11-2-4-13(17)5-3-11/h2-10H,1H3. The van der Waals surface area contributed by atoms with E-state index in [0.29, 0.717) is 10.6 Å². The van der Waals surface area contributed by atoms with Gasteiger partial charge in [-0.1, -0.05) is 11.6 Å². The van der Waals surface area contributed by atoms with Gasteiger partial charge in [-0.15, -0.1) is 0 Å². The minimum Gasteiger partial charge on any atom is -0.497 e. The van der Waals surface area contributed by atoms with Crippen LogP contribution >= 0.6 is 11.6 Å². The lowest BCUT2D eigenvalue weighted by molar-refractivity contribution is 0.0965. The topological polar surface area (TPSA) is 31.2 Å². The number of carbonyl (C=O) groups excluding carboxylic acids is 1. The molecule has 0 saturated carbocycles. The van der Waals surface area contributed by atoms with Gasteiger partial charge in [0.15, 0.2) is 0 Å². The van der Waals surface area contributed by atoms with Crippen molar-refractivity contribution >= 4 is 28.4 Å². The number of benzene rings is 2.